The molecule has 2 nitrogen and oxygen atoms in total. The number of carbonyl (C=O) groups is 1. The molecule has 0 bridgehead atoms. The van der Waals surface area contributed by atoms with Gasteiger partial charge >= 0.3 is 0 Å². The van der Waals surface area contributed by atoms with Gasteiger partial charge in [0.15, 0.2) is 0 Å². The lowest BCUT2D eigenvalue weighted by molar-refractivity contribution is -0.116. The Morgan fingerprint density at radius 2 is 1.48 bits per heavy atom. The van der Waals surface area contributed by atoms with Crippen molar-refractivity contribution in [1.82, 2.24) is 0 Å². The molecule has 0 aliphatic carbocycles. The minimum Gasteiger partial charge on any atom is -0.325 e. The number of nitrogens with one attached hydrogen (secondary N) is 1. The summed E-state index contributed by atoms with van der Waals surface area (Å²) in [6, 6.07) is 3.11. The minimum atomic E-state index is -0.0381. The number of halogens is 3. The molecule has 0 aliphatic heterocycles. The molecule has 5 heteroatoms. The summed E-state index contributed by atoms with van der Waals surface area (Å²) >= 11 is 17.8. The molecule has 0 saturated carbocycles. The third-order valence-corrected chi connectivity index (χ3v) is 4.33. The predicted octanol–water partition coefficient (Wildman–Crippen LogP) is 6.73. The zero-order valence-electron chi connectivity index (χ0n) is 12.4. The van der Waals surface area contributed by atoms with Crippen LogP contribution in [0.5, 0.6) is 0 Å². The molecule has 0 radical (unpaired) electrons. The minimum absolute atomic E-state index is 0.0381. The maximum absolute atomic E-state index is 11.9. The van der Waals surface area contributed by atoms with Crippen molar-refractivity contribution < 1.29 is 4.79 Å². The Morgan fingerprint density at radius 3 is 2.14 bits per heavy atom. The lowest BCUT2D eigenvalue weighted by Gasteiger charge is -2.08. The van der Waals surface area contributed by atoms with Crippen LogP contribution in [-0.4, -0.2) is 5.91 Å². The summed E-state index contributed by atoms with van der Waals surface area (Å²) in [5.74, 6) is -0.0381. The Hall–Kier alpha value is -0.440. The molecule has 0 aliphatic rings. The van der Waals surface area contributed by atoms with Crippen LogP contribution in [0.2, 0.25) is 15.1 Å². The topological polar surface area (TPSA) is 29.1 Å². The van der Waals surface area contributed by atoms with Gasteiger partial charge in [-0.05, 0) is 18.6 Å². The fourth-order valence-electron chi connectivity index (χ4n) is 2.07. The molecular weight excluding hydrogens is 329 g/mol. The van der Waals surface area contributed by atoms with E-state index in [1.165, 1.54) is 38.2 Å². The van der Waals surface area contributed by atoms with Gasteiger partial charge in [-0.2, -0.15) is 0 Å². The van der Waals surface area contributed by atoms with Crippen LogP contribution in [0.25, 0.3) is 0 Å². The number of rotatable bonds is 9. The maximum atomic E-state index is 11.9. The first-order chi connectivity index (χ1) is 10.0. The summed E-state index contributed by atoms with van der Waals surface area (Å²) in [7, 11) is 0. The molecule has 1 aromatic rings. The SMILES string of the molecule is CCCCCCCCCC(=O)Nc1cc(Cl)c(Cl)cc1Cl. The van der Waals surface area contributed by atoms with Crippen molar-refractivity contribution in [2.24, 2.45) is 0 Å². The van der Waals surface area contributed by atoms with Gasteiger partial charge < -0.3 is 5.32 Å². The molecule has 0 saturated heterocycles. The maximum Gasteiger partial charge on any atom is 0.224 e. The van der Waals surface area contributed by atoms with Crippen LogP contribution < -0.4 is 5.32 Å². The van der Waals surface area contributed by atoms with E-state index in [0.717, 1.165) is 12.8 Å². The average Bonchev–Trinajstić information content (AvgIpc) is 2.44. The summed E-state index contributed by atoms with van der Waals surface area (Å²) in [4.78, 5) is 11.9. The average molecular weight is 351 g/mol. The Kier molecular flexibility index (Phi) is 9.14. The molecule has 0 unspecified atom stereocenters. The summed E-state index contributed by atoms with van der Waals surface area (Å²) in [5, 5.41) is 3.94. The first kappa shape index (κ1) is 18.6. The van der Waals surface area contributed by atoms with Crippen molar-refractivity contribution >= 4 is 46.4 Å². The highest BCUT2D eigenvalue weighted by atomic mass is 35.5. The van der Waals surface area contributed by atoms with E-state index in [4.69, 9.17) is 34.8 Å². The van der Waals surface area contributed by atoms with E-state index >= 15 is 0 Å². The van der Waals surface area contributed by atoms with Gasteiger partial charge in [-0.15, -0.1) is 0 Å². The van der Waals surface area contributed by atoms with Crippen molar-refractivity contribution in [3.63, 3.8) is 0 Å². The van der Waals surface area contributed by atoms with Crippen LogP contribution in [0.1, 0.15) is 58.3 Å². The summed E-state index contributed by atoms with van der Waals surface area (Å²) in [5.41, 5.74) is 0.513. The van der Waals surface area contributed by atoms with E-state index < -0.39 is 0 Å². The van der Waals surface area contributed by atoms with Crippen molar-refractivity contribution in [3.8, 4) is 0 Å². The fourth-order valence-corrected chi connectivity index (χ4v) is 2.67. The monoisotopic (exact) mass is 349 g/mol. The molecule has 118 valence electrons. The normalized spacial score (nSPS) is 10.7. The van der Waals surface area contributed by atoms with E-state index in [0.29, 0.717) is 27.2 Å². The number of hydrogen-bond acceptors (Lipinski definition) is 1. The number of amides is 1. The highest BCUT2D eigenvalue weighted by molar-refractivity contribution is 6.44. The zero-order chi connectivity index (χ0) is 15.7. The molecule has 0 heterocycles. The fraction of sp³-hybridized carbons (Fsp3) is 0.562. The Bertz CT molecular complexity index is 463. The second kappa shape index (κ2) is 10.3. The van der Waals surface area contributed by atoms with E-state index in [2.05, 4.69) is 12.2 Å². The number of hydrogen-bond donors (Lipinski definition) is 1. The van der Waals surface area contributed by atoms with Gasteiger partial charge in [-0.3, -0.25) is 4.79 Å². The van der Waals surface area contributed by atoms with Gasteiger partial charge in [0, 0.05) is 6.42 Å². The first-order valence-electron chi connectivity index (χ1n) is 7.49. The van der Waals surface area contributed by atoms with Crippen molar-refractivity contribution in [3.05, 3.63) is 27.2 Å². The van der Waals surface area contributed by atoms with Crippen LogP contribution in [0.3, 0.4) is 0 Å². The Morgan fingerprint density at radius 1 is 0.905 bits per heavy atom. The highest BCUT2D eigenvalue weighted by Gasteiger charge is 2.09. The molecule has 1 aromatic carbocycles. The second-order valence-corrected chi connectivity index (χ2v) is 6.39. The van der Waals surface area contributed by atoms with Crippen LogP contribution in [0.4, 0.5) is 5.69 Å². The van der Waals surface area contributed by atoms with Gasteiger partial charge in [-0.1, -0.05) is 80.3 Å². The summed E-state index contributed by atoms with van der Waals surface area (Å²) in [6.45, 7) is 2.21. The van der Waals surface area contributed by atoms with Gasteiger partial charge in [0.05, 0.1) is 20.8 Å². The highest BCUT2D eigenvalue weighted by Crippen LogP contribution is 2.32. The number of carbonyl (C=O) groups excluding carboxylic acids is 1. The van der Waals surface area contributed by atoms with Crippen molar-refractivity contribution in [2.45, 2.75) is 58.3 Å². The lowest BCUT2D eigenvalue weighted by Crippen LogP contribution is -2.11. The first-order valence-corrected chi connectivity index (χ1v) is 8.62. The van der Waals surface area contributed by atoms with Crippen LogP contribution >= 0.6 is 34.8 Å². The smallest absolute Gasteiger partial charge is 0.224 e. The predicted molar refractivity (Wildman–Crippen MR) is 92.7 cm³/mol. The zero-order valence-corrected chi connectivity index (χ0v) is 14.6. The van der Waals surface area contributed by atoms with Gasteiger partial charge in [0.2, 0.25) is 5.91 Å². The van der Waals surface area contributed by atoms with Crippen molar-refractivity contribution in [2.75, 3.05) is 5.32 Å². The second-order valence-electron chi connectivity index (χ2n) is 5.17. The molecule has 0 aromatic heterocycles. The Balaban J connectivity index is 2.26. The van der Waals surface area contributed by atoms with E-state index in [-0.39, 0.29) is 5.91 Å². The van der Waals surface area contributed by atoms with E-state index in [9.17, 15) is 4.79 Å². The molecule has 0 fully saturated rings. The standard InChI is InChI=1S/C16H22Cl3NO/c1-2-3-4-5-6-7-8-9-16(21)20-15-11-13(18)12(17)10-14(15)19/h10-11H,2-9H2,1H3,(H,20,21). The van der Waals surface area contributed by atoms with Gasteiger partial charge in [0.1, 0.15) is 0 Å². The number of benzene rings is 1. The molecule has 0 atom stereocenters. The van der Waals surface area contributed by atoms with E-state index in [1.807, 2.05) is 0 Å². The van der Waals surface area contributed by atoms with Gasteiger partial charge in [0.25, 0.3) is 0 Å². The van der Waals surface area contributed by atoms with E-state index in [1.54, 1.807) is 6.07 Å². The van der Waals surface area contributed by atoms with Crippen LogP contribution in [0, 0.1) is 0 Å². The summed E-state index contributed by atoms with van der Waals surface area (Å²) in [6.07, 6.45) is 8.80. The molecule has 21 heavy (non-hydrogen) atoms. The van der Waals surface area contributed by atoms with Crippen LogP contribution in [-0.2, 0) is 4.79 Å². The number of unbranched alkanes of at least 4 members (excludes halogenated alkanes) is 6. The molecule has 1 rings (SSSR count). The van der Waals surface area contributed by atoms with Gasteiger partial charge in [-0.25, -0.2) is 0 Å². The van der Waals surface area contributed by atoms with Crippen molar-refractivity contribution in [1.29, 1.82) is 0 Å². The quantitative estimate of drug-likeness (QED) is 0.388. The third kappa shape index (κ3) is 7.39. The molecule has 0 spiro atoms. The molecular formula is C16H22Cl3NO. The summed E-state index contributed by atoms with van der Waals surface area (Å²) < 4.78 is 0. The molecule has 1 N–H and O–H groups in total. The molecule has 1 amide bonds. The number of anilines is 1. The van der Waals surface area contributed by atoms with Crippen LogP contribution in [0.15, 0.2) is 12.1 Å². The lowest BCUT2D eigenvalue weighted by atomic mass is 10.1. The Labute approximate surface area is 142 Å². The third-order valence-electron chi connectivity index (χ3n) is 3.29. The largest absolute Gasteiger partial charge is 0.325 e.